The van der Waals surface area contributed by atoms with Gasteiger partial charge in [-0.05, 0) is 63.0 Å². The van der Waals surface area contributed by atoms with Crippen LogP contribution in [0, 0.1) is 0 Å². The first-order valence-corrected chi connectivity index (χ1v) is 22.4. The summed E-state index contributed by atoms with van der Waals surface area (Å²) in [7, 11) is 0. The number of halogens is 3. The number of likely N-dealkylation sites (tertiary alicyclic amines) is 2. The lowest BCUT2D eigenvalue weighted by Gasteiger charge is -2.34. The first kappa shape index (κ1) is 44.4. The minimum absolute atomic E-state index is 0.0620. The van der Waals surface area contributed by atoms with E-state index in [0.717, 1.165) is 37.1 Å². The Bertz CT molecular complexity index is 2480. The average molecular weight is 873 g/mol. The SMILES string of the molecule is CCN(CC)[C@H](C(=O)N1CCCC1c1ncc(-c2cnc(-c3ccc(-c4nc([C@@H]5CCCN5C(=O)[C@@H](c5ccccc5)N(CC)CC)[nH]c4C(F)(F)F)cc3)nc2)[nH]1)c1ccccc1. The highest BCUT2D eigenvalue weighted by Crippen LogP contribution is 2.41. The third-order valence-corrected chi connectivity index (χ3v) is 12.7. The predicted molar refractivity (Wildman–Crippen MR) is 239 cm³/mol. The minimum atomic E-state index is -4.71. The highest BCUT2D eigenvalue weighted by atomic mass is 19.4. The quantitative estimate of drug-likeness (QED) is 0.104. The van der Waals surface area contributed by atoms with Gasteiger partial charge in [0.25, 0.3) is 0 Å². The van der Waals surface area contributed by atoms with E-state index in [9.17, 15) is 22.8 Å². The molecule has 5 heterocycles. The van der Waals surface area contributed by atoms with E-state index in [1.165, 1.54) is 0 Å². The summed E-state index contributed by atoms with van der Waals surface area (Å²) in [5.41, 5.74) is 2.92. The molecule has 334 valence electrons. The highest BCUT2D eigenvalue weighted by Gasteiger charge is 2.42. The first-order valence-electron chi connectivity index (χ1n) is 22.4. The smallest absolute Gasteiger partial charge is 0.340 e. The largest absolute Gasteiger partial charge is 0.433 e. The van der Waals surface area contributed by atoms with E-state index >= 15 is 0 Å². The Morgan fingerprint density at radius 3 is 1.61 bits per heavy atom. The summed E-state index contributed by atoms with van der Waals surface area (Å²) in [6.45, 7) is 12.0. The number of H-pyrrole nitrogens is 2. The number of imidazole rings is 2. The summed E-state index contributed by atoms with van der Waals surface area (Å²) in [5.74, 6) is 1.13. The van der Waals surface area contributed by atoms with Crippen LogP contribution in [0.3, 0.4) is 0 Å². The van der Waals surface area contributed by atoms with Crippen molar-refractivity contribution >= 4 is 11.8 Å². The number of hydrogen-bond acceptors (Lipinski definition) is 8. The van der Waals surface area contributed by atoms with Gasteiger partial charge in [0.15, 0.2) is 5.82 Å². The Morgan fingerprint density at radius 1 is 0.641 bits per heavy atom. The Hall–Kier alpha value is -6.19. The number of likely N-dealkylation sites (N-methyl/N-ethyl adjacent to an activating group) is 2. The van der Waals surface area contributed by atoms with Crippen molar-refractivity contribution in [3.05, 3.63) is 132 Å². The van der Waals surface area contributed by atoms with Crippen LogP contribution in [0.5, 0.6) is 0 Å². The highest BCUT2D eigenvalue weighted by molar-refractivity contribution is 5.85. The van der Waals surface area contributed by atoms with Gasteiger partial charge in [-0.3, -0.25) is 19.4 Å². The van der Waals surface area contributed by atoms with E-state index in [1.54, 1.807) is 47.8 Å². The molecule has 2 aliphatic rings. The number of alkyl halides is 3. The number of aromatic nitrogens is 6. The molecular formula is C49H55F3N10O2. The van der Waals surface area contributed by atoms with Crippen molar-refractivity contribution in [1.29, 1.82) is 0 Å². The first-order chi connectivity index (χ1) is 31.0. The molecule has 0 aliphatic carbocycles. The zero-order valence-electron chi connectivity index (χ0n) is 36.7. The number of amides is 2. The second kappa shape index (κ2) is 19.3. The Balaban J connectivity index is 0.990. The van der Waals surface area contributed by atoms with E-state index in [-0.39, 0.29) is 41.0 Å². The Labute approximate surface area is 372 Å². The van der Waals surface area contributed by atoms with Crippen molar-refractivity contribution < 1.29 is 22.8 Å². The fourth-order valence-electron chi connectivity index (χ4n) is 9.42. The lowest BCUT2D eigenvalue weighted by Crippen LogP contribution is -2.43. The number of nitrogens with one attached hydrogen (secondary N) is 2. The normalized spacial score (nSPS) is 17.7. The fraction of sp³-hybridized carbons (Fsp3) is 0.388. The van der Waals surface area contributed by atoms with Crippen LogP contribution < -0.4 is 0 Å². The zero-order valence-corrected chi connectivity index (χ0v) is 36.7. The summed E-state index contributed by atoms with van der Waals surface area (Å²) < 4.78 is 44.0. The molecule has 8 rings (SSSR count). The van der Waals surface area contributed by atoms with Crippen LogP contribution in [0.15, 0.2) is 104 Å². The molecular weight excluding hydrogens is 818 g/mol. The second-order valence-corrected chi connectivity index (χ2v) is 16.3. The van der Waals surface area contributed by atoms with Crippen LogP contribution >= 0.6 is 0 Å². The molecule has 3 aromatic carbocycles. The molecule has 2 N–H and O–H groups in total. The molecule has 2 fully saturated rings. The topological polar surface area (TPSA) is 130 Å². The summed E-state index contributed by atoms with van der Waals surface area (Å²) >= 11 is 0. The molecule has 64 heavy (non-hydrogen) atoms. The van der Waals surface area contributed by atoms with Gasteiger partial charge < -0.3 is 19.8 Å². The molecule has 6 aromatic rings. The number of aromatic amines is 2. The van der Waals surface area contributed by atoms with E-state index in [0.29, 0.717) is 67.5 Å². The van der Waals surface area contributed by atoms with Gasteiger partial charge in [0, 0.05) is 42.2 Å². The standard InChI is InChI=1S/C49H55F3N10O2/c1-5-59(6-2)41(33-17-11-9-12-18-33)47(63)61-27-15-21-38(61)45-55-31-37(56-45)36-29-53-44(54-30-36)35-25-23-32(24-26-35)40-43(49(50,51)52)58-46(57-40)39-22-16-28-62(39)48(64)42(60(7-3)8-4)34-19-13-10-14-20-34/h9-14,17-20,23-26,29-31,38-39,41-42H,5-8,15-16,21-22,27-28H2,1-4H3,(H,55,56)(H,57,58)/t38?,39-,41-,42+/m0/s1. The molecule has 0 spiro atoms. The van der Waals surface area contributed by atoms with Gasteiger partial charge in [0.2, 0.25) is 11.8 Å². The summed E-state index contributed by atoms with van der Waals surface area (Å²) in [6.07, 6.45) is 3.17. The molecule has 0 saturated carbocycles. The van der Waals surface area contributed by atoms with Gasteiger partial charge in [-0.2, -0.15) is 13.2 Å². The van der Waals surface area contributed by atoms with E-state index in [1.807, 2.05) is 79.4 Å². The molecule has 2 aliphatic heterocycles. The Kier molecular flexibility index (Phi) is 13.4. The van der Waals surface area contributed by atoms with Gasteiger partial charge >= 0.3 is 6.18 Å². The van der Waals surface area contributed by atoms with E-state index in [2.05, 4.69) is 48.6 Å². The van der Waals surface area contributed by atoms with Crippen molar-refractivity contribution in [2.45, 2.75) is 83.7 Å². The summed E-state index contributed by atoms with van der Waals surface area (Å²) in [5, 5.41) is 0. The molecule has 12 nitrogen and oxygen atoms in total. The molecule has 2 amide bonds. The van der Waals surface area contributed by atoms with Gasteiger partial charge in [-0.1, -0.05) is 113 Å². The number of carbonyl (C=O) groups excluding carboxylic acids is 2. The number of hydrogen-bond donors (Lipinski definition) is 2. The second-order valence-electron chi connectivity index (χ2n) is 16.3. The maximum atomic E-state index is 14.7. The Morgan fingerprint density at radius 2 is 1.12 bits per heavy atom. The zero-order chi connectivity index (χ0) is 45.0. The van der Waals surface area contributed by atoms with Crippen LogP contribution in [-0.4, -0.2) is 101 Å². The van der Waals surface area contributed by atoms with Crippen LogP contribution in [0.1, 0.15) is 106 Å². The van der Waals surface area contributed by atoms with Gasteiger partial charge in [0.1, 0.15) is 35.1 Å². The summed E-state index contributed by atoms with van der Waals surface area (Å²) in [4.78, 5) is 60.9. The maximum absolute atomic E-state index is 14.7. The molecule has 2 saturated heterocycles. The van der Waals surface area contributed by atoms with E-state index < -0.39 is 24.0 Å². The third-order valence-electron chi connectivity index (χ3n) is 12.7. The van der Waals surface area contributed by atoms with Crippen LogP contribution in [0.4, 0.5) is 13.2 Å². The molecule has 3 aromatic heterocycles. The lowest BCUT2D eigenvalue weighted by molar-refractivity contribution is -0.140. The van der Waals surface area contributed by atoms with E-state index in [4.69, 9.17) is 4.98 Å². The molecule has 15 heteroatoms. The van der Waals surface area contributed by atoms with Crippen LogP contribution in [-0.2, 0) is 15.8 Å². The minimum Gasteiger partial charge on any atom is -0.340 e. The third kappa shape index (κ3) is 8.96. The fourth-order valence-corrected chi connectivity index (χ4v) is 9.42. The van der Waals surface area contributed by atoms with Crippen molar-refractivity contribution in [1.82, 2.24) is 49.5 Å². The van der Waals surface area contributed by atoms with Crippen molar-refractivity contribution in [3.63, 3.8) is 0 Å². The maximum Gasteiger partial charge on any atom is 0.433 e. The van der Waals surface area contributed by atoms with Gasteiger partial charge in [0.05, 0.1) is 24.0 Å². The molecule has 0 radical (unpaired) electrons. The number of rotatable bonds is 15. The lowest BCUT2D eigenvalue weighted by atomic mass is 10.0. The van der Waals surface area contributed by atoms with Gasteiger partial charge in [-0.25, -0.2) is 19.9 Å². The van der Waals surface area contributed by atoms with Crippen LogP contribution in [0.2, 0.25) is 0 Å². The number of benzene rings is 3. The van der Waals surface area contributed by atoms with Crippen molar-refractivity contribution in [2.75, 3.05) is 39.3 Å². The molecule has 1 unspecified atom stereocenters. The average Bonchev–Trinajstić information content (AvgIpc) is 4.17. The monoisotopic (exact) mass is 872 g/mol. The number of nitrogens with zero attached hydrogens (tertiary/aromatic N) is 8. The van der Waals surface area contributed by atoms with Crippen molar-refractivity contribution in [3.8, 4) is 33.9 Å². The predicted octanol–water partition coefficient (Wildman–Crippen LogP) is 9.44. The number of carbonyl (C=O) groups is 2. The molecule has 4 atom stereocenters. The van der Waals surface area contributed by atoms with Gasteiger partial charge in [-0.15, -0.1) is 0 Å². The van der Waals surface area contributed by atoms with Crippen molar-refractivity contribution in [2.24, 2.45) is 0 Å². The summed E-state index contributed by atoms with van der Waals surface area (Å²) in [6, 6.07) is 24.2. The molecule has 0 bridgehead atoms. The van der Waals surface area contributed by atoms with Crippen LogP contribution in [0.25, 0.3) is 33.9 Å².